The Hall–Kier alpha value is -1.36. The molecule has 2 saturated carbocycles. The van der Waals surface area contributed by atoms with Gasteiger partial charge in [0.05, 0.1) is 11.8 Å². The topological polar surface area (TPSA) is 55.4 Å². The standard InChI is InChI=1S/C17H18BrNO3/c1-7-3-10(18)4-8(2)15(7)19-16(20)13-9-5-11-12(6-9)22-17(21)14(11)13/h3-4,9,11-14H,5-6H2,1-2H3,(H,19,20). The summed E-state index contributed by atoms with van der Waals surface area (Å²) < 4.78 is 6.41. The van der Waals surface area contributed by atoms with Crippen molar-refractivity contribution in [1.29, 1.82) is 0 Å². The van der Waals surface area contributed by atoms with Crippen LogP contribution in [-0.4, -0.2) is 18.0 Å². The van der Waals surface area contributed by atoms with E-state index in [9.17, 15) is 9.59 Å². The van der Waals surface area contributed by atoms with Crippen LogP contribution in [0.3, 0.4) is 0 Å². The van der Waals surface area contributed by atoms with Gasteiger partial charge in [-0.05, 0) is 55.9 Å². The quantitative estimate of drug-likeness (QED) is 0.820. The summed E-state index contributed by atoms with van der Waals surface area (Å²) in [6.07, 6.45) is 1.88. The van der Waals surface area contributed by atoms with Crippen molar-refractivity contribution in [2.75, 3.05) is 5.32 Å². The zero-order valence-corrected chi connectivity index (χ0v) is 14.1. The first kappa shape index (κ1) is 14.2. The SMILES string of the molecule is Cc1cc(Br)cc(C)c1NC(=O)C1C2CC3OC(=O)C1C3C2. The van der Waals surface area contributed by atoms with Gasteiger partial charge in [0, 0.05) is 16.1 Å². The number of benzene rings is 1. The first-order chi connectivity index (χ1) is 10.5. The van der Waals surface area contributed by atoms with Gasteiger partial charge < -0.3 is 10.1 Å². The van der Waals surface area contributed by atoms with Crippen LogP contribution in [0, 0.1) is 37.5 Å². The van der Waals surface area contributed by atoms with E-state index < -0.39 is 0 Å². The second-order valence-electron chi connectivity index (χ2n) is 6.83. The van der Waals surface area contributed by atoms with E-state index in [1.54, 1.807) is 0 Å². The van der Waals surface area contributed by atoms with Crippen LogP contribution in [0.5, 0.6) is 0 Å². The molecule has 4 rings (SSSR count). The maximum absolute atomic E-state index is 12.8. The minimum Gasteiger partial charge on any atom is -0.462 e. The molecule has 1 aromatic rings. The molecule has 3 fully saturated rings. The summed E-state index contributed by atoms with van der Waals surface area (Å²) in [5, 5.41) is 3.07. The highest BCUT2D eigenvalue weighted by molar-refractivity contribution is 9.10. The van der Waals surface area contributed by atoms with Gasteiger partial charge in [0.15, 0.2) is 0 Å². The van der Waals surface area contributed by atoms with Crippen LogP contribution < -0.4 is 5.32 Å². The number of rotatable bonds is 2. The molecule has 3 aliphatic rings. The van der Waals surface area contributed by atoms with Crippen LogP contribution in [0.15, 0.2) is 16.6 Å². The molecule has 1 heterocycles. The fraction of sp³-hybridized carbons (Fsp3) is 0.529. The van der Waals surface area contributed by atoms with Crippen molar-refractivity contribution in [1.82, 2.24) is 0 Å². The Morgan fingerprint density at radius 2 is 1.95 bits per heavy atom. The van der Waals surface area contributed by atoms with E-state index in [1.165, 1.54) is 0 Å². The molecular formula is C17H18BrNO3. The van der Waals surface area contributed by atoms with Gasteiger partial charge >= 0.3 is 5.97 Å². The number of hydrogen-bond donors (Lipinski definition) is 1. The molecule has 0 spiro atoms. The Balaban J connectivity index is 1.60. The monoisotopic (exact) mass is 363 g/mol. The third-order valence-corrected chi connectivity index (χ3v) is 5.99. The predicted octanol–water partition coefficient (Wildman–Crippen LogP) is 3.20. The Bertz CT molecular complexity index is 661. The predicted molar refractivity (Wildman–Crippen MR) is 85.3 cm³/mol. The average molecular weight is 364 g/mol. The second kappa shape index (κ2) is 4.82. The van der Waals surface area contributed by atoms with Crippen molar-refractivity contribution in [2.24, 2.45) is 23.7 Å². The first-order valence-corrected chi connectivity index (χ1v) is 8.53. The molecule has 116 valence electrons. The number of anilines is 1. The van der Waals surface area contributed by atoms with Crippen molar-refractivity contribution in [3.05, 3.63) is 27.7 Å². The molecule has 1 aliphatic heterocycles. The zero-order chi connectivity index (χ0) is 15.6. The number of ether oxygens (including phenoxy) is 1. The van der Waals surface area contributed by atoms with Crippen LogP contribution in [0.1, 0.15) is 24.0 Å². The van der Waals surface area contributed by atoms with Crippen molar-refractivity contribution in [2.45, 2.75) is 32.8 Å². The van der Waals surface area contributed by atoms with E-state index in [-0.39, 0.29) is 35.7 Å². The summed E-state index contributed by atoms with van der Waals surface area (Å²) in [5.41, 5.74) is 2.91. The van der Waals surface area contributed by atoms with Crippen molar-refractivity contribution >= 4 is 33.5 Å². The third-order valence-electron chi connectivity index (χ3n) is 5.53. The summed E-state index contributed by atoms with van der Waals surface area (Å²) in [7, 11) is 0. The van der Waals surface area contributed by atoms with Crippen LogP contribution in [-0.2, 0) is 14.3 Å². The van der Waals surface area contributed by atoms with Crippen LogP contribution >= 0.6 is 15.9 Å². The van der Waals surface area contributed by atoms with Crippen LogP contribution in [0.4, 0.5) is 5.69 Å². The highest BCUT2D eigenvalue weighted by Gasteiger charge is 2.63. The molecule has 4 nitrogen and oxygen atoms in total. The molecule has 5 heteroatoms. The number of hydrogen-bond acceptors (Lipinski definition) is 3. The number of fused-ring (bicyclic) bond motifs is 1. The first-order valence-electron chi connectivity index (χ1n) is 7.74. The summed E-state index contributed by atoms with van der Waals surface area (Å²) in [4.78, 5) is 24.8. The van der Waals surface area contributed by atoms with Crippen molar-refractivity contribution < 1.29 is 14.3 Å². The Kier molecular flexibility index (Phi) is 3.12. The van der Waals surface area contributed by atoms with E-state index in [0.29, 0.717) is 5.92 Å². The number of esters is 1. The molecule has 1 amide bonds. The molecule has 5 atom stereocenters. The molecule has 1 aromatic carbocycles. The fourth-order valence-corrected chi connectivity index (χ4v) is 5.36. The minimum absolute atomic E-state index is 0.0247. The number of nitrogens with one attached hydrogen (secondary N) is 1. The van der Waals surface area contributed by atoms with Crippen LogP contribution in [0.25, 0.3) is 0 Å². The van der Waals surface area contributed by atoms with E-state index >= 15 is 0 Å². The summed E-state index contributed by atoms with van der Waals surface area (Å²) in [6.45, 7) is 3.96. The van der Waals surface area contributed by atoms with E-state index in [4.69, 9.17) is 4.74 Å². The molecule has 0 aromatic heterocycles. The highest BCUT2D eigenvalue weighted by Crippen LogP contribution is 2.57. The summed E-state index contributed by atoms with van der Waals surface area (Å²) >= 11 is 3.47. The van der Waals surface area contributed by atoms with Gasteiger partial charge in [-0.25, -0.2) is 0 Å². The van der Waals surface area contributed by atoms with Crippen molar-refractivity contribution in [3.63, 3.8) is 0 Å². The number of aryl methyl sites for hydroxylation is 2. The van der Waals surface area contributed by atoms with Gasteiger partial charge in [0.2, 0.25) is 5.91 Å². The number of amides is 1. The van der Waals surface area contributed by atoms with E-state index in [2.05, 4.69) is 21.2 Å². The van der Waals surface area contributed by atoms with Gasteiger partial charge in [0.25, 0.3) is 0 Å². The Labute approximate surface area is 137 Å². The molecule has 1 saturated heterocycles. The molecule has 0 radical (unpaired) electrons. The number of carbonyl (C=O) groups excluding carboxylic acids is 2. The summed E-state index contributed by atoms with van der Waals surface area (Å²) in [6, 6.07) is 3.98. The maximum Gasteiger partial charge on any atom is 0.310 e. The van der Waals surface area contributed by atoms with Gasteiger partial charge in [-0.1, -0.05) is 15.9 Å². The average Bonchev–Trinajstić information content (AvgIpc) is 3.03. The maximum atomic E-state index is 12.8. The van der Waals surface area contributed by atoms with Crippen molar-refractivity contribution in [3.8, 4) is 0 Å². The largest absolute Gasteiger partial charge is 0.462 e. The fourth-order valence-electron chi connectivity index (χ4n) is 4.68. The van der Waals surface area contributed by atoms with Gasteiger partial charge in [-0.3, -0.25) is 9.59 Å². The van der Waals surface area contributed by atoms with E-state index in [1.807, 2.05) is 26.0 Å². The lowest BCUT2D eigenvalue weighted by molar-refractivity contribution is -0.145. The molecule has 2 aliphatic carbocycles. The smallest absolute Gasteiger partial charge is 0.310 e. The molecule has 2 bridgehead atoms. The molecule has 22 heavy (non-hydrogen) atoms. The zero-order valence-electron chi connectivity index (χ0n) is 12.6. The van der Waals surface area contributed by atoms with Crippen LogP contribution in [0.2, 0.25) is 0 Å². The third kappa shape index (κ3) is 1.94. The minimum atomic E-state index is -0.223. The molecule has 5 unspecified atom stereocenters. The van der Waals surface area contributed by atoms with Gasteiger partial charge in [-0.15, -0.1) is 0 Å². The Morgan fingerprint density at radius 3 is 2.64 bits per heavy atom. The van der Waals surface area contributed by atoms with E-state index in [0.717, 1.165) is 34.1 Å². The lowest BCUT2D eigenvalue weighted by Gasteiger charge is -2.24. The molecule has 1 N–H and O–H groups in total. The second-order valence-corrected chi connectivity index (χ2v) is 7.74. The number of halogens is 1. The van der Waals surface area contributed by atoms with Gasteiger partial charge in [-0.2, -0.15) is 0 Å². The van der Waals surface area contributed by atoms with Gasteiger partial charge in [0.1, 0.15) is 6.10 Å². The lowest BCUT2D eigenvalue weighted by atomic mass is 9.79. The number of carbonyl (C=O) groups is 2. The highest BCUT2D eigenvalue weighted by atomic mass is 79.9. The lowest BCUT2D eigenvalue weighted by Crippen LogP contribution is -2.36. The molecular weight excluding hydrogens is 346 g/mol. The Morgan fingerprint density at radius 1 is 1.27 bits per heavy atom. The summed E-state index contributed by atoms with van der Waals surface area (Å²) in [5.74, 6) is -0.0795. The normalized spacial score (nSPS) is 34.9.